The molecule has 0 aliphatic heterocycles. The summed E-state index contributed by atoms with van der Waals surface area (Å²) in [6, 6.07) is 10.6. The molecule has 1 aromatic carbocycles. The van der Waals surface area contributed by atoms with Crippen molar-refractivity contribution in [3.05, 3.63) is 30.3 Å². The van der Waals surface area contributed by atoms with Crippen LogP contribution in [0.2, 0.25) is 0 Å². The number of rotatable bonds is 2. The molecule has 0 spiro atoms. The van der Waals surface area contributed by atoms with Gasteiger partial charge in [0.15, 0.2) is 0 Å². The van der Waals surface area contributed by atoms with Crippen molar-refractivity contribution >= 4 is 22.4 Å². The Kier molecular flexibility index (Phi) is 3.51. The van der Waals surface area contributed by atoms with Crippen molar-refractivity contribution in [2.75, 3.05) is 11.1 Å². The van der Waals surface area contributed by atoms with Crippen LogP contribution in [0.5, 0.6) is 0 Å². The first-order valence-corrected chi connectivity index (χ1v) is 7.53. The molecule has 2 unspecified atom stereocenters. The maximum atomic E-state index is 5.80. The molecule has 1 fully saturated rings. The Hall–Kier alpha value is -1.77. The molecule has 0 amide bonds. The zero-order valence-electron chi connectivity index (χ0n) is 12.3. The highest BCUT2D eigenvalue weighted by atomic mass is 15.0. The Bertz CT molecular complexity index is 598. The van der Waals surface area contributed by atoms with Crippen molar-refractivity contribution in [3.63, 3.8) is 0 Å². The number of nitrogen functional groups attached to an aromatic ring is 1. The van der Waals surface area contributed by atoms with Crippen LogP contribution in [-0.2, 0) is 0 Å². The predicted octanol–water partition coefficient (Wildman–Crippen LogP) is 4.05. The van der Waals surface area contributed by atoms with Gasteiger partial charge in [0.05, 0.1) is 5.52 Å². The minimum Gasteiger partial charge on any atom is -0.399 e. The quantitative estimate of drug-likeness (QED) is 0.808. The highest BCUT2D eigenvalue weighted by Crippen LogP contribution is 2.30. The smallest absolute Gasteiger partial charge is 0.126 e. The monoisotopic (exact) mass is 269 g/mol. The summed E-state index contributed by atoms with van der Waals surface area (Å²) in [5.74, 6) is 2.58. The average Bonchev–Trinajstić information content (AvgIpc) is 2.38. The van der Waals surface area contributed by atoms with Crippen LogP contribution in [0.4, 0.5) is 11.5 Å². The van der Waals surface area contributed by atoms with Gasteiger partial charge < -0.3 is 11.1 Å². The fraction of sp³-hybridized carbons (Fsp3) is 0.471. The van der Waals surface area contributed by atoms with E-state index in [0.717, 1.165) is 34.2 Å². The normalized spacial score (nSPS) is 26.6. The van der Waals surface area contributed by atoms with Crippen LogP contribution in [0, 0.1) is 11.8 Å². The van der Waals surface area contributed by atoms with Gasteiger partial charge in [0.2, 0.25) is 0 Å². The lowest BCUT2D eigenvalue weighted by molar-refractivity contribution is 0.280. The molecule has 0 bridgehead atoms. The molecule has 1 aliphatic rings. The van der Waals surface area contributed by atoms with Gasteiger partial charge in [0.25, 0.3) is 0 Å². The third kappa shape index (κ3) is 2.87. The molecule has 3 nitrogen and oxygen atoms in total. The van der Waals surface area contributed by atoms with Crippen LogP contribution in [0.25, 0.3) is 10.9 Å². The number of hydrogen-bond acceptors (Lipinski definition) is 3. The molecule has 1 heterocycles. The molecule has 20 heavy (non-hydrogen) atoms. The second-order valence-corrected chi connectivity index (χ2v) is 6.41. The molecule has 3 rings (SSSR count). The number of benzene rings is 1. The van der Waals surface area contributed by atoms with Gasteiger partial charge in [-0.05, 0) is 61.4 Å². The highest BCUT2D eigenvalue weighted by Gasteiger charge is 2.23. The third-order valence-electron chi connectivity index (χ3n) is 4.24. The van der Waals surface area contributed by atoms with Gasteiger partial charge in [-0.15, -0.1) is 0 Å². The van der Waals surface area contributed by atoms with Gasteiger partial charge in [-0.3, -0.25) is 0 Å². The fourth-order valence-corrected chi connectivity index (χ4v) is 3.50. The van der Waals surface area contributed by atoms with Gasteiger partial charge in [-0.2, -0.15) is 0 Å². The molecule has 1 aliphatic carbocycles. The summed E-state index contributed by atoms with van der Waals surface area (Å²) < 4.78 is 0. The number of aromatic nitrogens is 1. The molecule has 1 aromatic heterocycles. The van der Waals surface area contributed by atoms with E-state index in [1.54, 1.807) is 0 Å². The topological polar surface area (TPSA) is 50.9 Å². The number of fused-ring (bicyclic) bond motifs is 1. The fourth-order valence-electron chi connectivity index (χ4n) is 3.50. The van der Waals surface area contributed by atoms with Crippen LogP contribution >= 0.6 is 0 Å². The first kappa shape index (κ1) is 13.2. The van der Waals surface area contributed by atoms with E-state index in [-0.39, 0.29) is 0 Å². The molecular weight excluding hydrogens is 246 g/mol. The molecule has 0 radical (unpaired) electrons. The Morgan fingerprint density at radius 3 is 2.55 bits per heavy atom. The summed E-state index contributed by atoms with van der Waals surface area (Å²) in [4.78, 5) is 4.69. The SMILES string of the molecule is CC1CC(C)CC(Nc2ccc3cc(N)ccc3n2)C1. The maximum Gasteiger partial charge on any atom is 0.126 e. The Labute approximate surface area is 120 Å². The number of hydrogen-bond donors (Lipinski definition) is 2. The summed E-state index contributed by atoms with van der Waals surface area (Å²) in [6.45, 7) is 4.70. The van der Waals surface area contributed by atoms with Crippen molar-refractivity contribution in [1.82, 2.24) is 4.98 Å². The second kappa shape index (κ2) is 5.31. The standard InChI is InChI=1S/C17H23N3/c1-11-7-12(2)9-15(8-11)19-17-6-3-13-10-14(18)4-5-16(13)20-17/h3-6,10-12,15H,7-9,18H2,1-2H3,(H,19,20). The first-order chi connectivity index (χ1) is 9.60. The van der Waals surface area contributed by atoms with E-state index >= 15 is 0 Å². The van der Waals surface area contributed by atoms with Crippen LogP contribution < -0.4 is 11.1 Å². The molecule has 106 valence electrons. The van der Waals surface area contributed by atoms with Crippen molar-refractivity contribution in [3.8, 4) is 0 Å². The van der Waals surface area contributed by atoms with E-state index in [2.05, 4.69) is 31.3 Å². The number of nitrogens with two attached hydrogens (primary N) is 1. The lowest BCUT2D eigenvalue weighted by atomic mass is 9.80. The molecular formula is C17H23N3. The summed E-state index contributed by atoms with van der Waals surface area (Å²) in [7, 11) is 0. The lowest BCUT2D eigenvalue weighted by Crippen LogP contribution is -2.30. The maximum absolute atomic E-state index is 5.80. The molecule has 0 saturated heterocycles. The Morgan fingerprint density at radius 1 is 1.05 bits per heavy atom. The van der Waals surface area contributed by atoms with Crippen molar-refractivity contribution in [2.45, 2.75) is 39.2 Å². The van der Waals surface area contributed by atoms with E-state index < -0.39 is 0 Å². The third-order valence-corrected chi connectivity index (χ3v) is 4.24. The van der Waals surface area contributed by atoms with Crippen LogP contribution in [0.1, 0.15) is 33.1 Å². The predicted molar refractivity (Wildman–Crippen MR) is 85.7 cm³/mol. The van der Waals surface area contributed by atoms with E-state index in [0.29, 0.717) is 6.04 Å². The van der Waals surface area contributed by atoms with Crippen LogP contribution in [0.15, 0.2) is 30.3 Å². The Morgan fingerprint density at radius 2 is 1.80 bits per heavy atom. The number of pyridine rings is 1. The van der Waals surface area contributed by atoms with Gasteiger partial charge >= 0.3 is 0 Å². The van der Waals surface area contributed by atoms with E-state index in [1.807, 2.05) is 18.2 Å². The van der Waals surface area contributed by atoms with Gasteiger partial charge in [-0.25, -0.2) is 4.98 Å². The van der Waals surface area contributed by atoms with Gasteiger partial charge in [0, 0.05) is 17.1 Å². The first-order valence-electron chi connectivity index (χ1n) is 7.53. The summed E-state index contributed by atoms with van der Waals surface area (Å²) in [6.07, 6.45) is 3.83. The molecule has 2 atom stereocenters. The van der Waals surface area contributed by atoms with E-state index in [9.17, 15) is 0 Å². The number of nitrogens with one attached hydrogen (secondary N) is 1. The van der Waals surface area contributed by atoms with Gasteiger partial charge in [-0.1, -0.05) is 13.8 Å². The zero-order valence-corrected chi connectivity index (χ0v) is 12.3. The largest absolute Gasteiger partial charge is 0.399 e. The van der Waals surface area contributed by atoms with Crippen molar-refractivity contribution in [2.24, 2.45) is 11.8 Å². The van der Waals surface area contributed by atoms with Crippen molar-refractivity contribution in [1.29, 1.82) is 0 Å². The molecule has 3 heteroatoms. The number of nitrogens with zero attached hydrogens (tertiary/aromatic N) is 1. The summed E-state index contributed by atoms with van der Waals surface area (Å²) in [5, 5.41) is 4.70. The second-order valence-electron chi connectivity index (χ2n) is 6.41. The van der Waals surface area contributed by atoms with E-state index in [1.165, 1.54) is 19.3 Å². The zero-order chi connectivity index (χ0) is 14.1. The minimum atomic E-state index is 0.549. The summed E-state index contributed by atoms with van der Waals surface area (Å²) >= 11 is 0. The van der Waals surface area contributed by atoms with Crippen LogP contribution in [-0.4, -0.2) is 11.0 Å². The number of anilines is 2. The van der Waals surface area contributed by atoms with Crippen LogP contribution in [0.3, 0.4) is 0 Å². The summed E-state index contributed by atoms with van der Waals surface area (Å²) in [5.41, 5.74) is 7.59. The minimum absolute atomic E-state index is 0.549. The van der Waals surface area contributed by atoms with Gasteiger partial charge in [0.1, 0.15) is 5.82 Å². The molecule has 2 aromatic rings. The molecule has 3 N–H and O–H groups in total. The molecule has 1 saturated carbocycles. The van der Waals surface area contributed by atoms with Crippen molar-refractivity contribution < 1.29 is 0 Å². The lowest BCUT2D eigenvalue weighted by Gasteiger charge is -2.32. The average molecular weight is 269 g/mol. The highest BCUT2D eigenvalue weighted by molar-refractivity contribution is 5.83. The van der Waals surface area contributed by atoms with E-state index in [4.69, 9.17) is 10.7 Å². The Balaban J connectivity index is 1.79.